The van der Waals surface area contributed by atoms with Gasteiger partial charge in [0, 0.05) is 56.4 Å². The first-order valence-corrected chi connectivity index (χ1v) is 11.0. The number of piperazine rings is 1. The lowest BCUT2D eigenvalue weighted by Gasteiger charge is -2.48. The second-order valence-corrected chi connectivity index (χ2v) is 8.90. The fourth-order valence-corrected chi connectivity index (χ4v) is 4.59. The Morgan fingerprint density at radius 1 is 1.20 bits per heavy atom. The average Bonchev–Trinajstić information content (AvgIpc) is 3.53. The van der Waals surface area contributed by atoms with Gasteiger partial charge in [0.05, 0.1) is 5.69 Å². The summed E-state index contributed by atoms with van der Waals surface area (Å²) in [5.74, 6) is 0.531. The monoisotopic (exact) mass is 432 g/mol. The van der Waals surface area contributed by atoms with E-state index < -0.39 is 6.04 Å². The Morgan fingerprint density at radius 3 is 2.47 bits per heavy atom. The van der Waals surface area contributed by atoms with Gasteiger partial charge in [0.15, 0.2) is 0 Å². The Labute approximate surface area is 182 Å². The Balaban J connectivity index is 1.29. The van der Waals surface area contributed by atoms with Crippen LogP contribution in [0.2, 0.25) is 5.02 Å². The lowest BCUT2D eigenvalue weighted by molar-refractivity contribution is -0.136. The predicted molar refractivity (Wildman–Crippen MR) is 117 cm³/mol. The second kappa shape index (κ2) is 8.47. The number of rotatable bonds is 6. The van der Waals surface area contributed by atoms with Crippen LogP contribution in [0.5, 0.6) is 5.75 Å². The van der Waals surface area contributed by atoms with E-state index in [9.17, 15) is 14.7 Å². The number of nitrogens with zero attached hydrogens (tertiary/aromatic N) is 3. The number of nitrogens with one attached hydrogen (secondary N) is 1. The maximum atomic E-state index is 12.9. The fraction of sp³-hybridized carbons (Fsp3) is 0.545. The maximum Gasteiger partial charge on any atom is 0.246 e. The van der Waals surface area contributed by atoms with Crippen molar-refractivity contribution in [3.63, 3.8) is 0 Å². The van der Waals surface area contributed by atoms with Crippen LogP contribution in [0.25, 0.3) is 0 Å². The zero-order valence-electron chi connectivity index (χ0n) is 17.3. The van der Waals surface area contributed by atoms with Crippen LogP contribution in [0.1, 0.15) is 31.2 Å². The van der Waals surface area contributed by atoms with E-state index in [0.29, 0.717) is 35.8 Å². The van der Waals surface area contributed by atoms with E-state index in [1.54, 1.807) is 11.0 Å². The minimum Gasteiger partial charge on any atom is -0.506 e. The molecule has 1 saturated carbocycles. The standard InChI is InChI=1S/C22H29ClN4O3/c1-3-21(29)27-12-16(13-27)25-6-8-26(9-7-25)22(30)14(2)24-19-10-17(15-4-5-15)18(23)11-20(19)28/h3,10-11,14-16,24,28H,1,4-9,12-13H2,2H3. The molecule has 0 radical (unpaired) electrons. The van der Waals surface area contributed by atoms with Crippen LogP contribution in [-0.4, -0.2) is 83.0 Å². The van der Waals surface area contributed by atoms with E-state index in [1.807, 2.05) is 17.9 Å². The van der Waals surface area contributed by atoms with E-state index in [0.717, 1.165) is 44.6 Å². The predicted octanol–water partition coefficient (Wildman–Crippen LogP) is 2.26. The zero-order valence-corrected chi connectivity index (χ0v) is 18.1. The molecule has 1 aromatic rings. The van der Waals surface area contributed by atoms with Gasteiger partial charge in [-0.3, -0.25) is 14.5 Å². The molecule has 2 saturated heterocycles. The summed E-state index contributed by atoms with van der Waals surface area (Å²) >= 11 is 6.25. The number of hydrogen-bond donors (Lipinski definition) is 2. The number of halogens is 1. The van der Waals surface area contributed by atoms with Crippen molar-refractivity contribution >= 4 is 29.1 Å². The van der Waals surface area contributed by atoms with Crippen molar-refractivity contribution in [1.82, 2.24) is 14.7 Å². The van der Waals surface area contributed by atoms with Crippen LogP contribution >= 0.6 is 11.6 Å². The van der Waals surface area contributed by atoms with E-state index in [4.69, 9.17) is 11.6 Å². The third-order valence-corrected chi connectivity index (χ3v) is 6.69. The van der Waals surface area contributed by atoms with Crippen LogP contribution in [0.3, 0.4) is 0 Å². The Morgan fingerprint density at radius 2 is 1.87 bits per heavy atom. The van der Waals surface area contributed by atoms with Crippen LogP contribution < -0.4 is 5.32 Å². The van der Waals surface area contributed by atoms with Gasteiger partial charge >= 0.3 is 0 Å². The van der Waals surface area contributed by atoms with Gasteiger partial charge < -0.3 is 20.2 Å². The normalized spacial score (nSPS) is 21.1. The topological polar surface area (TPSA) is 76.1 Å². The summed E-state index contributed by atoms with van der Waals surface area (Å²) in [7, 11) is 0. The fourth-order valence-electron chi connectivity index (χ4n) is 4.27. The molecule has 8 heteroatoms. The van der Waals surface area contributed by atoms with Crippen molar-refractivity contribution in [3.8, 4) is 5.75 Å². The SMILES string of the molecule is C=CC(=O)N1CC(N2CCN(C(=O)C(C)Nc3cc(C4CC4)c(Cl)cc3O)CC2)C1. The number of phenolic OH excluding ortho intramolecular Hbond substituents is 1. The molecule has 162 valence electrons. The summed E-state index contributed by atoms with van der Waals surface area (Å²) in [6.45, 7) is 9.75. The van der Waals surface area contributed by atoms with Crippen molar-refractivity contribution in [3.05, 3.63) is 35.4 Å². The molecule has 7 nitrogen and oxygen atoms in total. The number of carbonyl (C=O) groups is 2. The summed E-state index contributed by atoms with van der Waals surface area (Å²) in [4.78, 5) is 30.5. The first-order valence-electron chi connectivity index (χ1n) is 10.6. The minimum absolute atomic E-state index is 0.0183. The van der Waals surface area contributed by atoms with Gasteiger partial charge in [-0.2, -0.15) is 0 Å². The summed E-state index contributed by atoms with van der Waals surface area (Å²) in [5, 5.41) is 14.0. The molecule has 1 aliphatic carbocycles. The first-order chi connectivity index (χ1) is 14.4. The van der Waals surface area contributed by atoms with Crippen LogP contribution in [0.15, 0.2) is 24.8 Å². The molecule has 2 amide bonds. The lowest BCUT2D eigenvalue weighted by atomic mass is 10.1. The molecular weight excluding hydrogens is 404 g/mol. The van der Waals surface area contributed by atoms with Crippen molar-refractivity contribution in [1.29, 1.82) is 0 Å². The van der Waals surface area contributed by atoms with Gasteiger partial charge in [0.2, 0.25) is 11.8 Å². The van der Waals surface area contributed by atoms with Crippen LogP contribution in [0.4, 0.5) is 5.69 Å². The smallest absolute Gasteiger partial charge is 0.246 e. The first kappa shape index (κ1) is 21.0. The molecule has 2 aliphatic heterocycles. The van der Waals surface area contributed by atoms with Crippen LogP contribution in [0, 0.1) is 0 Å². The molecule has 1 unspecified atom stereocenters. The van der Waals surface area contributed by atoms with Crippen molar-refractivity contribution in [2.24, 2.45) is 0 Å². The molecule has 2 N–H and O–H groups in total. The van der Waals surface area contributed by atoms with Gasteiger partial charge in [-0.15, -0.1) is 0 Å². The van der Waals surface area contributed by atoms with Crippen molar-refractivity contribution < 1.29 is 14.7 Å². The van der Waals surface area contributed by atoms with Gasteiger partial charge in [0.25, 0.3) is 0 Å². The molecule has 0 aromatic heterocycles. The quantitative estimate of drug-likeness (QED) is 0.532. The third-order valence-electron chi connectivity index (χ3n) is 6.37. The lowest BCUT2D eigenvalue weighted by Crippen LogP contribution is -2.64. The highest BCUT2D eigenvalue weighted by Gasteiger charge is 2.36. The highest BCUT2D eigenvalue weighted by molar-refractivity contribution is 6.31. The molecule has 1 aromatic carbocycles. The number of anilines is 1. The van der Waals surface area contributed by atoms with E-state index in [-0.39, 0.29) is 17.6 Å². The van der Waals surface area contributed by atoms with E-state index in [1.165, 1.54) is 6.08 Å². The summed E-state index contributed by atoms with van der Waals surface area (Å²) < 4.78 is 0. The number of carbonyl (C=O) groups excluding carboxylic acids is 2. The molecule has 0 bridgehead atoms. The van der Waals surface area contributed by atoms with Crippen molar-refractivity contribution in [2.45, 2.75) is 37.8 Å². The molecule has 4 rings (SSSR count). The Bertz CT molecular complexity index is 843. The van der Waals surface area contributed by atoms with Crippen LogP contribution in [-0.2, 0) is 9.59 Å². The highest BCUT2D eigenvalue weighted by atomic mass is 35.5. The number of likely N-dealkylation sites (tertiary alicyclic amines) is 1. The minimum atomic E-state index is -0.444. The van der Waals surface area contributed by atoms with Gasteiger partial charge in [0.1, 0.15) is 11.8 Å². The molecule has 2 heterocycles. The number of amides is 2. The number of aromatic hydroxyl groups is 1. The van der Waals surface area contributed by atoms with E-state index >= 15 is 0 Å². The molecule has 3 fully saturated rings. The summed E-state index contributed by atoms with van der Waals surface area (Å²) in [5.41, 5.74) is 1.59. The number of hydrogen-bond acceptors (Lipinski definition) is 5. The van der Waals surface area contributed by atoms with E-state index in [2.05, 4.69) is 16.8 Å². The number of benzene rings is 1. The molecule has 1 atom stereocenters. The van der Waals surface area contributed by atoms with Gasteiger partial charge in [-0.25, -0.2) is 0 Å². The number of phenols is 1. The Kier molecular flexibility index (Phi) is 5.93. The Hall–Kier alpha value is -2.25. The molecule has 0 spiro atoms. The van der Waals surface area contributed by atoms with Gasteiger partial charge in [-0.1, -0.05) is 18.2 Å². The zero-order chi connectivity index (χ0) is 21.4. The summed E-state index contributed by atoms with van der Waals surface area (Å²) in [6, 6.07) is 3.37. The van der Waals surface area contributed by atoms with Crippen molar-refractivity contribution in [2.75, 3.05) is 44.6 Å². The second-order valence-electron chi connectivity index (χ2n) is 8.49. The molecular formula is C22H29ClN4O3. The van der Waals surface area contributed by atoms with Gasteiger partial charge in [-0.05, 0) is 43.4 Å². The maximum absolute atomic E-state index is 12.9. The highest BCUT2D eigenvalue weighted by Crippen LogP contribution is 2.46. The third kappa shape index (κ3) is 4.27. The largest absolute Gasteiger partial charge is 0.506 e. The average molecular weight is 433 g/mol. The molecule has 3 aliphatic rings. The summed E-state index contributed by atoms with van der Waals surface area (Å²) in [6.07, 6.45) is 3.58. The molecule has 30 heavy (non-hydrogen) atoms.